The maximum atomic E-state index is 9.60. The number of aliphatic hydroxyl groups excluding tert-OH is 1. The molecule has 0 heterocycles. The minimum atomic E-state index is -0.677. The number of ether oxygens (including phenoxy) is 2. The van der Waals surface area contributed by atoms with E-state index in [1.54, 1.807) is 19.1 Å². The van der Waals surface area contributed by atoms with Crippen LogP contribution >= 0.6 is 0 Å². The van der Waals surface area contributed by atoms with E-state index in [-0.39, 0.29) is 13.2 Å². The lowest BCUT2D eigenvalue weighted by atomic mass is 10.1. The highest BCUT2D eigenvalue weighted by atomic mass is 16.5. The van der Waals surface area contributed by atoms with E-state index in [1.807, 2.05) is 19.1 Å². The van der Waals surface area contributed by atoms with E-state index in [9.17, 15) is 5.11 Å². The van der Waals surface area contributed by atoms with Gasteiger partial charge in [-0.3, -0.25) is 0 Å². The van der Waals surface area contributed by atoms with Crippen molar-refractivity contribution in [1.29, 1.82) is 0 Å². The zero-order chi connectivity index (χ0) is 13.4. The number of rotatable bonds is 7. The molecule has 0 aliphatic rings. The van der Waals surface area contributed by atoms with E-state index in [4.69, 9.17) is 14.7 Å². The van der Waals surface area contributed by atoms with Crippen LogP contribution in [-0.4, -0.2) is 42.0 Å². The third-order valence-corrected chi connectivity index (χ3v) is 2.37. The van der Waals surface area contributed by atoms with E-state index in [2.05, 4.69) is 5.16 Å². The number of oxime groups is 1. The zero-order valence-electron chi connectivity index (χ0n) is 10.7. The second-order valence-electron chi connectivity index (χ2n) is 3.81. The average molecular weight is 253 g/mol. The molecular formula is C13H19NO4. The first-order valence-corrected chi connectivity index (χ1v) is 5.85. The fraction of sp³-hybridized carbons (Fsp3) is 0.462. The Morgan fingerprint density at radius 3 is 2.72 bits per heavy atom. The van der Waals surface area contributed by atoms with Gasteiger partial charge in [0.25, 0.3) is 0 Å². The van der Waals surface area contributed by atoms with Gasteiger partial charge in [-0.1, -0.05) is 17.3 Å². The average Bonchev–Trinajstić information content (AvgIpc) is 2.42. The smallest absolute Gasteiger partial charge is 0.128 e. The molecule has 1 unspecified atom stereocenters. The van der Waals surface area contributed by atoms with Gasteiger partial charge in [0, 0.05) is 12.2 Å². The van der Waals surface area contributed by atoms with Crippen LogP contribution in [0.5, 0.6) is 5.75 Å². The van der Waals surface area contributed by atoms with E-state index in [0.29, 0.717) is 23.6 Å². The summed E-state index contributed by atoms with van der Waals surface area (Å²) >= 11 is 0. The van der Waals surface area contributed by atoms with Gasteiger partial charge < -0.3 is 19.8 Å². The summed E-state index contributed by atoms with van der Waals surface area (Å²) < 4.78 is 10.6. The van der Waals surface area contributed by atoms with Crippen LogP contribution < -0.4 is 4.74 Å². The maximum absolute atomic E-state index is 9.60. The van der Waals surface area contributed by atoms with Crippen molar-refractivity contribution < 1.29 is 19.8 Å². The van der Waals surface area contributed by atoms with Gasteiger partial charge in [0.1, 0.15) is 18.5 Å². The second kappa shape index (κ2) is 7.68. The molecule has 1 rings (SSSR count). The predicted octanol–water partition coefficient (Wildman–Crippen LogP) is 1.66. The summed E-state index contributed by atoms with van der Waals surface area (Å²) in [6.45, 7) is 4.48. The summed E-state index contributed by atoms with van der Waals surface area (Å²) in [5.41, 5.74) is 1.16. The number of benzene rings is 1. The summed E-state index contributed by atoms with van der Waals surface area (Å²) in [6, 6.07) is 7.20. The standard InChI is InChI=1S/C13H19NO4/c1-3-17-8-11(15)9-18-13-7-5-4-6-12(13)10(2)14-16/h4-7,11,15-16H,3,8-9H2,1-2H3. The third kappa shape index (κ3) is 4.35. The summed E-state index contributed by atoms with van der Waals surface area (Å²) in [6.07, 6.45) is -0.677. The summed E-state index contributed by atoms with van der Waals surface area (Å²) in [5.74, 6) is 0.573. The number of para-hydroxylation sites is 1. The molecule has 1 aromatic carbocycles. The Labute approximate surface area is 107 Å². The molecule has 0 amide bonds. The third-order valence-electron chi connectivity index (χ3n) is 2.37. The Hall–Kier alpha value is -1.59. The fourth-order valence-electron chi connectivity index (χ4n) is 1.43. The molecule has 0 aromatic heterocycles. The largest absolute Gasteiger partial charge is 0.490 e. The van der Waals surface area contributed by atoms with E-state index in [1.165, 1.54) is 0 Å². The fourth-order valence-corrected chi connectivity index (χ4v) is 1.43. The van der Waals surface area contributed by atoms with Crippen LogP contribution in [0.25, 0.3) is 0 Å². The van der Waals surface area contributed by atoms with Crippen LogP contribution in [0, 0.1) is 0 Å². The highest BCUT2D eigenvalue weighted by Gasteiger charge is 2.09. The molecule has 1 atom stereocenters. The van der Waals surface area contributed by atoms with Crippen LogP contribution in [0.2, 0.25) is 0 Å². The molecule has 0 saturated carbocycles. The molecule has 0 spiro atoms. The number of nitrogens with zero attached hydrogens (tertiary/aromatic N) is 1. The lowest BCUT2D eigenvalue weighted by Crippen LogP contribution is -2.23. The van der Waals surface area contributed by atoms with Gasteiger partial charge in [0.05, 0.1) is 12.3 Å². The molecule has 2 N–H and O–H groups in total. The van der Waals surface area contributed by atoms with Gasteiger partial charge in [0.15, 0.2) is 0 Å². The van der Waals surface area contributed by atoms with Gasteiger partial charge in [-0.2, -0.15) is 0 Å². The maximum Gasteiger partial charge on any atom is 0.128 e. The van der Waals surface area contributed by atoms with E-state index >= 15 is 0 Å². The van der Waals surface area contributed by atoms with Crippen molar-refractivity contribution in [3.63, 3.8) is 0 Å². The van der Waals surface area contributed by atoms with Crippen molar-refractivity contribution in [2.75, 3.05) is 19.8 Å². The molecule has 0 aliphatic carbocycles. The quantitative estimate of drug-likeness (QED) is 0.440. The Kier molecular flexibility index (Phi) is 6.18. The highest BCUT2D eigenvalue weighted by molar-refractivity contribution is 6.00. The molecule has 18 heavy (non-hydrogen) atoms. The monoisotopic (exact) mass is 253 g/mol. The number of hydrogen-bond acceptors (Lipinski definition) is 5. The molecule has 5 nitrogen and oxygen atoms in total. The minimum absolute atomic E-state index is 0.135. The molecule has 5 heteroatoms. The number of hydrogen-bond donors (Lipinski definition) is 2. The summed E-state index contributed by atoms with van der Waals surface area (Å²) in [5, 5.41) is 21.5. The topological polar surface area (TPSA) is 71.3 Å². The Morgan fingerprint density at radius 2 is 2.06 bits per heavy atom. The van der Waals surface area contributed by atoms with Crippen molar-refractivity contribution in [2.45, 2.75) is 20.0 Å². The first-order chi connectivity index (χ1) is 8.69. The highest BCUT2D eigenvalue weighted by Crippen LogP contribution is 2.19. The van der Waals surface area contributed by atoms with Gasteiger partial charge in [-0.15, -0.1) is 0 Å². The van der Waals surface area contributed by atoms with E-state index < -0.39 is 6.10 Å². The SMILES string of the molecule is CCOCC(O)COc1ccccc1C(C)=NO. The predicted molar refractivity (Wildman–Crippen MR) is 68.4 cm³/mol. The van der Waals surface area contributed by atoms with Crippen LogP contribution in [-0.2, 0) is 4.74 Å². The number of aliphatic hydroxyl groups is 1. The Balaban J connectivity index is 2.62. The summed E-state index contributed by atoms with van der Waals surface area (Å²) in [7, 11) is 0. The molecular weight excluding hydrogens is 234 g/mol. The molecule has 100 valence electrons. The van der Waals surface area contributed by atoms with Crippen LogP contribution in [0.1, 0.15) is 19.4 Å². The van der Waals surface area contributed by atoms with Crippen molar-refractivity contribution >= 4 is 5.71 Å². The van der Waals surface area contributed by atoms with Crippen LogP contribution in [0.4, 0.5) is 0 Å². The van der Waals surface area contributed by atoms with Gasteiger partial charge in [0.2, 0.25) is 0 Å². The molecule has 0 radical (unpaired) electrons. The zero-order valence-corrected chi connectivity index (χ0v) is 10.7. The molecule has 0 aliphatic heterocycles. The van der Waals surface area contributed by atoms with Gasteiger partial charge in [-0.05, 0) is 26.0 Å². The Bertz CT molecular complexity index is 392. The minimum Gasteiger partial charge on any atom is -0.490 e. The lowest BCUT2D eigenvalue weighted by Gasteiger charge is -2.14. The molecule has 0 fully saturated rings. The van der Waals surface area contributed by atoms with Gasteiger partial charge >= 0.3 is 0 Å². The molecule has 0 saturated heterocycles. The van der Waals surface area contributed by atoms with Gasteiger partial charge in [-0.25, -0.2) is 0 Å². The first kappa shape index (κ1) is 14.5. The van der Waals surface area contributed by atoms with Crippen LogP contribution in [0.3, 0.4) is 0 Å². The summed E-state index contributed by atoms with van der Waals surface area (Å²) in [4.78, 5) is 0. The lowest BCUT2D eigenvalue weighted by molar-refractivity contribution is 0.0164. The van der Waals surface area contributed by atoms with Crippen molar-refractivity contribution in [3.05, 3.63) is 29.8 Å². The van der Waals surface area contributed by atoms with Crippen molar-refractivity contribution in [1.82, 2.24) is 0 Å². The van der Waals surface area contributed by atoms with Crippen LogP contribution in [0.15, 0.2) is 29.4 Å². The first-order valence-electron chi connectivity index (χ1n) is 5.85. The normalized spacial score (nSPS) is 13.4. The van der Waals surface area contributed by atoms with Crippen molar-refractivity contribution in [3.8, 4) is 5.75 Å². The van der Waals surface area contributed by atoms with E-state index in [0.717, 1.165) is 0 Å². The molecule has 1 aromatic rings. The van der Waals surface area contributed by atoms with Crippen molar-refractivity contribution in [2.24, 2.45) is 5.16 Å². The second-order valence-corrected chi connectivity index (χ2v) is 3.81. The molecule has 0 bridgehead atoms. The Morgan fingerprint density at radius 1 is 1.33 bits per heavy atom.